The highest BCUT2D eigenvalue weighted by atomic mass is 19.2. The second-order valence-corrected chi connectivity index (χ2v) is 3.94. The van der Waals surface area contributed by atoms with Crippen molar-refractivity contribution < 1.29 is 18.8 Å². The van der Waals surface area contributed by atoms with E-state index >= 15 is 0 Å². The van der Waals surface area contributed by atoms with Gasteiger partial charge in [0.1, 0.15) is 0 Å². The van der Waals surface area contributed by atoms with Crippen LogP contribution in [0.1, 0.15) is 0 Å². The van der Waals surface area contributed by atoms with Crippen molar-refractivity contribution in [3.05, 3.63) is 33.9 Å². The van der Waals surface area contributed by atoms with Crippen molar-refractivity contribution in [1.82, 2.24) is 0 Å². The third kappa shape index (κ3) is 1.93. The Bertz CT molecular complexity index is 461. The molecule has 1 aliphatic heterocycles. The minimum atomic E-state index is -1.21. The Morgan fingerprint density at radius 2 is 2.12 bits per heavy atom. The summed E-state index contributed by atoms with van der Waals surface area (Å²) in [6.07, 6.45) is 0. The molecule has 1 aromatic carbocycles. The molecule has 0 atom stereocenters. The van der Waals surface area contributed by atoms with Gasteiger partial charge in [0.2, 0.25) is 0 Å². The zero-order valence-corrected chi connectivity index (χ0v) is 8.77. The van der Waals surface area contributed by atoms with Crippen LogP contribution in [0.3, 0.4) is 0 Å². The molecule has 0 unspecified atom stereocenters. The number of hydrogen-bond donors (Lipinski definition) is 1. The summed E-state index contributed by atoms with van der Waals surface area (Å²) in [7, 11) is 0. The summed E-state index contributed by atoms with van der Waals surface area (Å²) in [6, 6.07) is 1.68. The number of nitro benzene ring substituents is 1. The van der Waals surface area contributed by atoms with Gasteiger partial charge in [-0.2, -0.15) is 0 Å². The summed E-state index contributed by atoms with van der Waals surface area (Å²) in [5.74, 6) is -2.37. The molecule has 92 valence electrons. The number of nitro groups is 1. The van der Waals surface area contributed by atoms with Gasteiger partial charge in [-0.3, -0.25) is 10.1 Å². The first kappa shape index (κ1) is 11.7. The number of halogens is 2. The van der Waals surface area contributed by atoms with E-state index in [0.29, 0.717) is 0 Å². The quantitative estimate of drug-likeness (QED) is 0.643. The lowest BCUT2D eigenvalue weighted by atomic mass is 10.00. The van der Waals surface area contributed by atoms with E-state index in [4.69, 9.17) is 5.11 Å². The lowest BCUT2D eigenvalue weighted by Crippen LogP contribution is -2.49. The Hall–Kier alpha value is -1.76. The Morgan fingerprint density at radius 1 is 1.47 bits per heavy atom. The highest BCUT2D eigenvalue weighted by Gasteiger charge is 2.34. The van der Waals surface area contributed by atoms with Gasteiger partial charge in [0.05, 0.1) is 4.92 Å². The van der Waals surface area contributed by atoms with E-state index in [-0.39, 0.29) is 31.3 Å². The molecule has 5 nitrogen and oxygen atoms in total. The Kier molecular flexibility index (Phi) is 2.93. The highest BCUT2D eigenvalue weighted by Crippen LogP contribution is 2.36. The number of aliphatic hydroxyl groups is 1. The third-order valence-corrected chi connectivity index (χ3v) is 2.78. The number of nitrogens with zero attached hydrogens (tertiary/aromatic N) is 2. The van der Waals surface area contributed by atoms with E-state index in [1.54, 1.807) is 0 Å². The first-order chi connectivity index (χ1) is 8.04. The van der Waals surface area contributed by atoms with Crippen molar-refractivity contribution in [2.24, 2.45) is 5.92 Å². The Labute approximate surface area is 95.4 Å². The predicted molar refractivity (Wildman–Crippen MR) is 55.8 cm³/mol. The van der Waals surface area contributed by atoms with E-state index in [1.165, 1.54) is 4.90 Å². The van der Waals surface area contributed by atoms with Gasteiger partial charge in [0, 0.05) is 31.7 Å². The first-order valence-corrected chi connectivity index (χ1v) is 5.02. The predicted octanol–water partition coefficient (Wildman–Crippen LogP) is 1.30. The van der Waals surface area contributed by atoms with E-state index in [0.717, 1.165) is 12.1 Å². The third-order valence-electron chi connectivity index (χ3n) is 2.78. The summed E-state index contributed by atoms with van der Waals surface area (Å²) in [5.41, 5.74) is -0.792. The molecule has 0 amide bonds. The van der Waals surface area contributed by atoms with Crippen molar-refractivity contribution in [1.29, 1.82) is 0 Å². The molecular formula is C10H10F2N2O3. The second-order valence-electron chi connectivity index (χ2n) is 3.94. The molecular weight excluding hydrogens is 234 g/mol. The van der Waals surface area contributed by atoms with Gasteiger partial charge in [-0.25, -0.2) is 8.78 Å². The molecule has 1 N–H and O–H groups in total. The minimum absolute atomic E-state index is 0.0442. The molecule has 1 aromatic rings. The lowest BCUT2D eigenvalue weighted by molar-refractivity contribution is -0.384. The number of anilines is 1. The Morgan fingerprint density at radius 3 is 2.65 bits per heavy atom. The molecule has 1 saturated heterocycles. The molecule has 0 radical (unpaired) electrons. The fraction of sp³-hybridized carbons (Fsp3) is 0.400. The van der Waals surface area contributed by atoms with Crippen molar-refractivity contribution >= 4 is 11.4 Å². The molecule has 1 fully saturated rings. The van der Waals surface area contributed by atoms with Gasteiger partial charge >= 0.3 is 0 Å². The van der Waals surface area contributed by atoms with Crippen LogP contribution in [0.5, 0.6) is 0 Å². The van der Waals surface area contributed by atoms with Crippen molar-refractivity contribution in [3.8, 4) is 0 Å². The van der Waals surface area contributed by atoms with E-state index in [2.05, 4.69) is 0 Å². The van der Waals surface area contributed by atoms with Crippen molar-refractivity contribution in [2.45, 2.75) is 0 Å². The minimum Gasteiger partial charge on any atom is -0.396 e. The maximum absolute atomic E-state index is 13.5. The van der Waals surface area contributed by atoms with Gasteiger partial charge < -0.3 is 10.0 Å². The molecule has 0 bridgehead atoms. The summed E-state index contributed by atoms with van der Waals surface area (Å²) < 4.78 is 26.6. The lowest BCUT2D eigenvalue weighted by Gasteiger charge is -2.39. The zero-order chi connectivity index (χ0) is 12.6. The maximum atomic E-state index is 13.5. The van der Waals surface area contributed by atoms with E-state index in [9.17, 15) is 18.9 Å². The number of aliphatic hydroxyl groups excluding tert-OH is 1. The SMILES string of the molecule is O=[N+]([O-])c1ccc(F)c(F)c1N1CC(CO)C1. The molecule has 1 aliphatic rings. The van der Waals surface area contributed by atoms with E-state index < -0.39 is 22.2 Å². The zero-order valence-electron chi connectivity index (χ0n) is 8.77. The largest absolute Gasteiger partial charge is 0.396 e. The van der Waals surface area contributed by atoms with Crippen LogP contribution in [0.25, 0.3) is 0 Å². The van der Waals surface area contributed by atoms with Crippen LogP contribution < -0.4 is 4.90 Å². The van der Waals surface area contributed by atoms with Gasteiger partial charge in [0.15, 0.2) is 17.3 Å². The fourth-order valence-electron chi connectivity index (χ4n) is 1.85. The number of benzene rings is 1. The van der Waals surface area contributed by atoms with Gasteiger partial charge in [-0.15, -0.1) is 0 Å². The molecule has 1 heterocycles. The van der Waals surface area contributed by atoms with E-state index in [1.807, 2.05) is 0 Å². The van der Waals surface area contributed by atoms with Crippen LogP contribution in [-0.2, 0) is 0 Å². The molecule has 17 heavy (non-hydrogen) atoms. The average Bonchev–Trinajstić information content (AvgIpc) is 2.22. The normalized spacial score (nSPS) is 15.8. The standard InChI is InChI=1S/C10H10F2N2O3/c11-7-1-2-8(14(16)17)10(9(7)12)13-3-6(4-13)5-15/h1-2,6,15H,3-5H2. The van der Waals surface area contributed by atoms with Gasteiger partial charge in [-0.1, -0.05) is 0 Å². The first-order valence-electron chi connectivity index (χ1n) is 5.02. The summed E-state index contributed by atoms with van der Waals surface area (Å²) in [5, 5.41) is 19.5. The van der Waals surface area contributed by atoms with Crippen LogP contribution in [0.2, 0.25) is 0 Å². The topological polar surface area (TPSA) is 66.6 Å². The fourth-order valence-corrected chi connectivity index (χ4v) is 1.85. The monoisotopic (exact) mass is 244 g/mol. The van der Waals surface area contributed by atoms with Crippen LogP contribution in [0.15, 0.2) is 12.1 Å². The summed E-state index contributed by atoms with van der Waals surface area (Å²) in [4.78, 5) is 11.3. The second kappa shape index (κ2) is 4.25. The van der Waals surface area contributed by atoms with Crippen LogP contribution in [0, 0.1) is 27.7 Å². The maximum Gasteiger partial charge on any atom is 0.295 e. The van der Waals surface area contributed by atoms with Crippen LogP contribution in [-0.4, -0.2) is 29.7 Å². The summed E-state index contributed by atoms with van der Waals surface area (Å²) >= 11 is 0. The summed E-state index contributed by atoms with van der Waals surface area (Å²) in [6.45, 7) is 0.511. The number of hydrogen-bond acceptors (Lipinski definition) is 4. The molecule has 0 aliphatic carbocycles. The van der Waals surface area contributed by atoms with Crippen molar-refractivity contribution in [3.63, 3.8) is 0 Å². The Balaban J connectivity index is 2.37. The molecule has 0 spiro atoms. The molecule has 2 rings (SSSR count). The van der Waals surface area contributed by atoms with Crippen molar-refractivity contribution in [2.75, 3.05) is 24.6 Å². The smallest absolute Gasteiger partial charge is 0.295 e. The molecule has 0 saturated carbocycles. The highest BCUT2D eigenvalue weighted by molar-refractivity contribution is 5.65. The van der Waals surface area contributed by atoms with Crippen LogP contribution >= 0.6 is 0 Å². The average molecular weight is 244 g/mol. The van der Waals surface area contributed by atoms with Gasteiger partial charge in [0.25, 0.3) is 5.69 Å². The van der Waals surface area contributed by atoms with Crippen LogP contribution in [0.4, 0.5) is 20.2 Å². The number of rotatable bonds is 3. The molecule has 7 heteroatoms. The molecule has 0 aromatic heterocycles. The van der Waals surface area contributed by atoms with Gasteiger partial charge in [-0.05, 0) is 6.07 Å².